The molecule has 0 atom stereocenters. The first kappa shape index (κ1) is 15.9. The monoisotopic (exact) mass is 334 g/mol. The van der Waals surface area contributed by atoms with E-state index in [-0.39, 0.29) is 18.7 Å². The van der Waals surface area contributed by atoms with Crippen LogP contribution in [-0.4, -0.2) is 50.7 Å². The lowest BCUT2D eigenvalue weighted by atomic mass is 10.1. The summed E-state index contributed by atoms with van der Waals surface area (Å²) in [5.41, 5.74) is 2.08. The number of carboxylic acid groups (broad SMARTS) is 1. The third-order valence-corrected chi connectivity index (χ3v) is 3.95. The van der Waals surface area contributed by atoms with E-state index in [4.69, 9.17) is 5.11 Å². The van der Waals surface area contributed by atoms with E-state index in [1.807, 2.05) is 0 Å². The third-order valence-electron chi connectivity index (χ3n) is 3.95. The summed E-state index contributed by atoms with van der Waals surface area (Å²) < 4.78 is 19.7. The Hall–Kier alpha value is -2.97. The molecule has 0 radical (unpaired) electrons. The Bertz CT molecular complexity index is 805. The zero-order valence-corrected chi connectivity index (χ0v) is 12.9. The van der Waals surface area contributed by atoms with Crippen molar-refractivity contribution in [1.29, 1.82) is 0 Å². The van der Waals surface area contributed by atoms with Crippen molar-refractivity contribution in [3.63, 3.8) is 0 Å². The summed E-state index contributed by atoms with van der Waals surface area (Å²) in [5, 5.41) is 17.1. The molecule has 0 unspecified atom stereocenters. The maximum Gasteiger partial charge on any atom is 0.407 e. The number of esters is 1. The number of aromatic nitrogens is 3. The summed E-state index contributed by atoms with van der Waals surface area (Å²) >= 11 is 0. The van der Waals surface area contributed by atoms with E-state index in [0.717, 1.165) is 11.8 Å². The second-order valence-electron chi connectivity index (χ2n) is 5.39. The molecule has 8 nitrogen and oxygen atoms in total. The van der Waals surface area contributed by atoms with Gasteiger partial charge >= 0.3 is 12.1 Å². The number of carbonyl (C=O) groups excluding carboxylic acids is 1. The molecule has 24 heavy (non-hydrogen) atoms. The fraction of sp³-hybridized carbons (Fsp3) is 0.333. The molecule has 0 saturated heterocycles. The Morgan fingerprint density at radius 1 is 1.42 bits per heavy atom. The van der Waals surface area contributed by atoms with Crippen molar-refractivity contribution in [2.45, 2.75) is 19.5 Å². The summed E-state index contributed by atoms with van der Waals surface area (Å²) in [7, 11) is 1.23. The summed E-state index contributed by atoms with van der Waals surface area (Å²) in [6.07, 6.45) is -0.523. The molecule has 0 spiro atoms. The Morgan fingerprint density at radius 3 is 2.92 bits per heavy atom. The lowest BCUT2D eigenvalue weighted by Crippen LogP contribution is -2.35. The second-order valence-corrected chi connectivity index (χ2v) is 5.39. The SMILES string of the molecule is COC(=O)c1cc(F)ccc1Cn1nnc2c1CCN(C(=O)O)C2. The first-order valence-electron chi connectivity index (χ1n) is 7.25. The summed E-state index contributed by atoms with van der Waals surface area (Å²) in [4.78, 5) is 24.1. The highest BCUT2D eigenvalue weighted by atomic mass is 19.1. The molecule has 0 bridgehead atoms. The molecular formula is C15H15FN4O4. The van der Waals surface area contributed by atoms with Gasteiger partial charge in [-0.25, -0.2) is 18.7 Å². The van der Waals surface area contributed by atoms with E-state index in [0.29, 0.717) is 24.2 Å². The van der Waals surface area contributed by atoms with Crippen LogP contribution in [0.1, 0.15) is 27.3 Å². The highest BCUT2D eigenvalue weighted by molar-refractivity contribution is 5.91. The molecule has 1 N–H and O–H groups in total. The molecule has 1 aliphatic heterocycles. The van der Waals surface area contributed by atoms with Crippen LogP contribution in [0.3, 0.4) is 0 Å². The van der Waals surface area contributed by atoms with Crippen LogP contribution < -0.4 is 0 Å². The van der Waals surface area contributed by atoms with Gasteiger partial charge in [-0.3, -0.25) is 0 Å². The molecule has 1 aromatic heterocycles. The molecule has 2 heterocycles. The van der Waals surface area contributed by atoms with Crippen LogP contribution in [0.25, 0.3) is 0 Å². The van der Waals surface area contributed by atoms with Crippen molar-refractivity contribution in [3.8, 4) is 0 Å². The first-order chi connectivity index (χ1) is 11.5. The smallest absolute Gasteiger partial charge is 0.407 e. The number of carbonyl (C=O) groups is 2. The number of halogens is 1. The zero-order valence-electron chi connectivity index (χ0n) is 12.9. The second kappa shape index (κ2) is 6.26. The Morgan fingerprint density at radius 2 is 2.21 bits per heavy atom. The predicted molar refractivity (Wildman–Crippen MR) is 79.0 cm³/mol. The molecule has 1 aromatic carbocycles. The van der Waals surface area contributed by atoms with Gasteiger partial charge < -0.3 is 14.7 Å². The molecule has 1 amide bonds. The van der Waals surface area contributed by atoms with Gasteiger partial charge in [-0.05, 0) is 17.7 Å². The van der Waals surface area contributed by atoms with Gasteiger partial charge in [-0.1, -0.05) is 11.3 Å². The maximum atomic E-state index is 13.4. The number of methoxy groups -OCH3 is 1. The fourth-order valence-corrected chi connectivity index (χ4v) is 2.70. The molecule has 0 saturated carbocycles. The molecule has 3 rings (SSSR count). The van der Waals surface area contributed by atoms with E-state index >= 15 is 0 Å². The molecule has 0 fully saturated rings. The number of fused-ring (bicyclic) bond motifs is 1. The van der Waals surface area contributed by atoms with Gasteiger partial charge in [0, 0.05) is 13.0 Å². The van der Waals surface area contributed by atoms with Crippen molar-refractivity contribution < 1.29 is 23.8 Å². The van der Waals surface area contributed by atoms with Crippen LogP contribution in [0.4, 0.5) is 9.18 Å². The number of nitrogens with zero attached hydrogens (tertiary/aromatic N) is 4. The van der Waals surface area contributed by atoms with Crippen LogP contribution in [0.2, 0.25) is 0 Å². The van der Waals surface area contributed by atoms with Gasteiger partial charge in [-0.2, -0.15) is 0 Å². The van der Waals surface area contributed by atoms with Gasteiger partial charge in [0.1, 0.15) is 11.5 Å². The molecule has 1 aliphatic rings. The van der Waals surface area contributed by atoms with Crippen LogP contribution in [0, 0.1) is 5.82 Å². The first-order valence-corrected chi connectivity index (χ1v) is 7.25. The van der Waals surface area contributed by atoms with Gasteiger partial charge in [-0.15, -0.1) is 5.10 Å². The standard InChI is InChI=1S/C15H15FN4O4/c1-24-14(21)11-6-10(16)3-2-9(11)7-20-13-4-5-19(15(22)23)8-12(13)17-18-20/h2-3,6H,4-5,7-8H2,1H3,(H,22,23). The molecular weight excluding hydrogens is 319 g/mol. The Labute approximate surface area is 136 Å². The molecule has 126 valence electrons. The number of benzene rings is 1. The number of amides is 1. The lowest BCUT2D eigenvalue weighted by molar-refractivity contribution is 0.0598. The Kier molecular flexibility index (Phi) is 4.15. The highest BCUT2D eigenvalue weighted by Gasteiger charge is 2.25. The van der Waals surface area contributed by atoms with E-state index in [1.54, 1.807) is 4.68 Å². The quantitative estimate of drug-likeness (QED) is 0.850. The van der Waals surface area contributed by atoms with Crippen molar-refractivity contribution >= 4 is 12.1 Å². The number of ether oxygens (including phenoxy) is 1. The van der Waals surface area contributed by atoms with E-state index in [2.05, 4.69) is 15.0 Å². The van der Waals surface area contributed by atoms with Gasteiger partial charge in [0.15, 0.2) is 0 Å². The molecule has 0 aliphatic carbocycles. The zero-order chi connectivity index (χ0) is 17.3. The van der Waals surface area contributed by atoms with Gasteiger partial charge in [0.05, 0.1) is 31.5 Å². The molecule has 9 heteroatoms. The van der Waals surface area contributed by atoms with Crippen LogP contribution >= 0.6 is 0 Å². The van der Waals surface area contributed by atoms with Gasteiger partial charge in [0.25, 0.3) is 0 Å². The normalized spacial score (nSPS) is 13.5. The molecule has 2 aromatic rings. The highest BCUT2D eigenvalue weighted by Crippen LogP contribution is 2.19. The number of hydrogen-bond acceptors (Lipinski definition) is 5. The van der Waals surface area contributed by atoms with Gasteiger partial charge in [0.2, 0.25) is 0 Å². The summed E-state index contributed by atoms with van der Waals surface area (Å²) in [6.45, 7) is 0.751. The number of rotatable bonds is 3. The van der Waals surface area contributed by atoms with Crippen molar-refractivity contribution in [2.24, 2.45) is 0 Å². The Balaban J connectivity index is 1.89. The van der Waals surface area contributed by atoms with E-state index in [9.17, 15) is 14.0 Å². The predicted octanol–water partition coefficient (Wildman–Crippen LogP) is 1.29. The van der Waals surface area contributed by atoms with E-state index < -0.39 is 17.9 Å². The summed E-state index contributed by atoms with van der Waals surface area (Å²) in [6, 6.07) is 3.88. The topological polar surface area (TPSA) is 97.6 Å². The van der Waals surface area contributed by atoms with Crippen molar-refractivity contribution in [3.05, 3.63) is 46.5 Å². The number of hydrogen-bond donors (Lipinski definition) is 1. The lowest BCUT2D eigenvalue weighted by Gasteiger charge is -2.23. The minimum atomic E-state index is -0.998. The van der Waals surface area contributed by atoms with Crippen LogP contribution in [0.5, 0.6) is 0 Å². The maximum absolute atomic E-state index is 13.4. The average molecular weight is 334 g/mol. The van der Waals surface area contributed by atoms with Crippen molar-refractivity contribution in [1.82, 2.24) is 19.9 Å². The van der Waals surface area contributed by atoms with E-state index in [1.165, 1.54) is 24.1 Å². The average Bonchev–Trinajstić information content (AvgIpc) is 2.97. The largest absolute Gasteiger partial charge is 0.465 e. The third kappa shape index (κ3) is 2.92. The van der Waals surface area contributed by atoms with Crippen molar-refractivity contribution in [2.75, 3.05) is 13.7 Å². The summed E-state index contributed by atoms with van der Waals surface area (Å²) in [5.74, 6) is -1.16. The minimum Gasteiger partial charge on any atom is -0.465 e. The van der Waals surface area contributed by atoms with Crippen LogP contribution in [0.15, 0.2) is 18.2 Å². The van der Waals surface area contributed by atoms with Crippen LogP contribution in [-0.2, 0) is 24.2 Å². The minimum absolute atomic E-state index is 0.129. The fourth-order valence-electron chi connectivity index (χ4n) is 2.70.